The third-order valence-electron chi connectivity index (χ3n) is 5.93. The van der Waals surface area contributed by atoms with Gasteiger partial charge < -0.3 is 16.0 Å². The zero-order chi connectivity index (χ0) is 22.6. The molecule has 7 nitrogen and oxygen atoms in total. The average molecular weight is 466 g/mol. The number of piperidine rings is 1. The molecule has 0 unspecified atom stereocenters. The summed E-state index contributed by atoms with van der Waals surface area (Å²) < 4.78 is 16.5. The summed E-state index contributed by atoms with van der Waals surface area (Å²) in [6.45, 7) is 3.23. The summed E-state index contributed by atoms with van der Waals surface area (Å²) in [6, 6.07) is 12.6. The van der Waals surface area contributed by atoms with Gasteiger partial charge in [-0.2, -0.15) is 9.61 Å². The van der Waals surface area contributed by atoms with E-state index in [4.69, 9.17) is 11.6 Å². The number of hydrogen-bond acceptors (Lipinski definition) is 6. The highest BCUT2D eigenvalue weighted by molar-refractivity contribution is 6.33. The van der Waals surface area contributed by atoms with Gasteiger partial charge in [0, 0.05) is 36.5 Å². The van der Waals surface area contributed by atoms with Gasteiger partial charge in [-0.1, -0.05) is 29.8 Å². The Hall–Kier alpha value is -3.23. The molecule has 4 aromatic rings. The zero-order valence-electron chi connectivity index (χ0n) is 18.1. The van der Waals surface area contributed by atoms with Gasteiger partial charge in [-0.05, 0) is 50.0 Å². The van der Waals surface area contributed by atoms with E-state index in [1.165, 1.54) is 6.07 Å². The van der Waals surface area contributed by atoms with Crippen molar-refractivity contribution in [2.45, 2.75) is 19.4 Å². The minimum absolute atomic E-state index is 0.290. The molecule has 0 spiro atoms. The van der Waals surface area contributed by atoms with E-state index < -0.39 is 0 Å². The lowest BCUT2D eigenvalue weighted by Gasteiger charge is -2.23. The van der Waals surface area contributed by atoms with E-state index in [1.54, 1.807) is 23.0 Å². The lowest BCUT2D eigenvalue weighted by Crippen LogP contribution is -2.31. The van der Waals surface area contributed by atoms with Crippen molar-refractivity contribution in [3.05, 3.63) is 71.3 Å². The van der Waals surface area contributed by atoms with Crippen molar-refractivity contribution < 1.29 is 4.39 Å². The second-order valence-electron chi connectivity index (χ2n) is 8.20. The molecular weight excluding hydrogens is 441 g/mol. The van der Waals surface area contributed by atoms with E-state index in [1.807, 2.05) is 30.3 Å². The van der Waals surface area contributed by atoms with Crippen LogP contribution in [0.1, 0.15) is 18.4 Å². The van der Waals surface area contributed by atoms with Crippen LogP contribution >= 0.6 is 11.6 Å². The predicted octanol–water partition coefficient (Wildman–Crippen LogP) is 4.61. The van der Waals surface area contributed by atoms with Crippen LogP contribution in [0.25, 0.3) is 16.9 Å². The van der Waals surface area contributed by atoms with Crippen LogP contribution in [0.2, 0.25) is 5.02 Å². The third-order valence-corrected chi connectivity index (χ3v) is 6.20. The summed E-state index contributed by atoms with van der Waals surface area (Å²) in [7, 11) is 0. The molecule has 0 amide bonds. The molecule has 9 heteroatoms. The van der Waals surface area contributed by atoms with Gasteiger partial charge in [0.1, 0.15) is 22.5 Å². The smallest absolute Gasteiger partial charge is 0.178 e. The fraction of sp³-hybridized carbons (Fsp3) is 0.292. The number of benzene rings is 1. The number of nitrogens with one attached hydrogen (secondary N) is 3. The van der Waals surface area contributed by atoms with Crippen LogP contribution in [0, 0.1) is 11.7 Å². The van der Waals surface area contributed by atoms with Crippen molar-refractivity contribution >= 4 is 28.9 Å². The second-order valence-corrected chi connectivity index (χ2v) is 8.61. The molecule has 1 aliphatic heterocycles. The number of fused-ring (bicyclic) bond motifs is 1. The van der Waals surface area contributed by atoms with Crippen LogP contribution in [0.15, 0.2) is 54.9 Å². The zero-order valence-corrected chi connectivity index (χ0v) is 18.8. The van der Waals surface area contributed by atoms with Crippen molar-refractivity contribution in [1.82, 2.24) is 24.9 Å². The van der Waals surface area contributed by atoms with Gasteiger partial charge in [-0.3, -0.25) is 4.98 Å². The minimum atomic E-state index is -0.293. The molecule has 33 heavy (non-hydrogen) atoms. The van der Waals surface area contributed by atoms with Crippen LogP contribution in [0.4, 0.5) is 16.0 Å². The maximum absolute atomic E-state index is 14.8. The normalized spacial score (nSPS) is 14.5. The van der Waals surface area contributed by atoms with Crippen LogP contribution in [0.5, 0.6) is 0 Å². The molecule has 0 atom stereocenters. The molecule has 1 aliphatic rings. The van der Waals surface area contributed by atoms with Crippen molar-refractivity contribution in [1.29, 1.82) is 0 Å². The van der Waals surface area contributed by atoms with Crippen LogP contribution < -0.4 is 16.0 Å². The Morgan fingerprint density at radius 1 is 1.12 bits per heavy atom. The highest BCUT2D eigenvalue weighted by Crippen LogP contribution is 2.24. The fourth-order valence-electron chi connectivity index (χ4n) is 4.06. The molecular formula is C24H25ClFN7. The quantitative estimate of drug-likeness (QED) is 0.370. The summed E-state index contributed by atoms with van der Waals surface area (Å²) in [5.74, 6) is 1.72. The van der Waals surface area contributed by atoms with Gasteiger partial charge in [0.15, 0.2) is 5.65 Å². The maximum Gasteiger partial charge on any atom is 0.178 e. The van der Waals surface area contributed by atoms with Crippen LogP contribution in [-0.2, 0) is 6.54 Å². The van der Waals surface area contributed by atoms with Crippen molar-refractivity contribution in [2.24, 2.45) is 5.92 Å². The topological polar surface area (TPSA) is 79.2 Å². The Labute approximate surface area is 196 Å². The van der Waals surface area contributed by atoms with Crippen molar-refractivity contribution in [3.63, 3.8) is 0 Å². The molecule has 0 saturated carbocycles. The lowest BCUT2D eigenvalue weighted by atomic mass is 9.98. The Bertz CT molecular complexity index is 1240. The third kappa shape index (κ3) is 4.91. The number of hydrogen-bond donors (Lipinski definition) is 3. The predicted molar refractivity (Wildman–Crippen MR) is 129 cm³/mol. The van der Waals surface area contributed by atoms with E-state index in [2.05, 4.69) is 31.0 Å². The molecule has 170 valence electrons. The van der Waals surface area contributed by atoms with Crippen molar-refractivity contribution in [3.8, 4) is 11.3 Å². The fourth-order valence-corrected chi connectivity index (χ4v) is 4.22. The Kier molecular flexibility index (Phi) is 6.37. The Morgan fingerprint density at radius 2 is 2.00 bits per heavy atom. The molecule has 4 heterocycles. The largest absolute Gasteiger partial charge is 0.370 e. The maximum atomic E-state index is 14.8. The number of nitrogens with zero attached hydrogens (tertiary/aromatic N) is 4. The monoisotopic (exact) mass is 465 g/mol. The SMILES string of the molecule is Fc1cc(-c2ccccn2)ccc1CNc1cc(NCC2CCNCC2)nc2c(Cl)cnn12. The molecule has 0 aliphatic carbocycles. The molecule has 1 fully saturated rings. The Morgan fingerprint density at radius 3 is 2.79 bits per heavy atom. The van der Waals surface area contributed by atoms with Gasteiger partial charge in [-0.15, -0.1) is 0 Å². The summed E-state index contributed by atoms with van der Waals surface area (Å²) in [5.41, 5.74) is 2.58. The highest BCUT2D eigenvalue weighted by atomic mass is 35.5. The molecule has 3 N–H and O–H groups in total. The van der Waals surface area contributed by atoms with E-state index in [-0.39, 0.29) is 5.82 Å². The van der Waals surface area contributed by atoms with Crippen molar-refractivity contribution in [2.75, 3.05) is 30.3 Å². The van der Waals surface area contributed by atoms with Gasteiger partial charge in [0.25, 0.3) is 0 Å². The minimum Gasteiger partial charge on any atom is -0.370 e. The molecule has 1 aromatic carbocycles. The van der Waals surface area contributed by atoms with Gasteiger partial charge in [0.2, 0.25) is 0 Å². The first-order chi connectivity index (χ1) is 16.2. The number of aromatic nitrogens is 4. The number of rotatable bonds is 7. The molecule has 0 radical (unpaired) electrons. The van der Waals surface area contributed by atoms with Gasteiger partial charge >= 0.3 is 0 Å². The summed E-state index contributed by atoms with van der Waals surface area (Å²) in [4.78, 5) is 8.91. The molecule has 3 aromatic heterocycles. The van der Waals surface area contributed by atoms with E-state index in [0.717, 1.165) is 49.6 Å². The standard InChI is InChI=1S/C24H25ClFN7/c25-19-15-31-33-23(12-22(32-24(19)33)29-13-16-6-9-27-10-7-16)30-14-18-5-4-17(11-20(18)26)21-3-1-2-8-28-21/h1-5,8,11-12,15-16,27,30H,6-7,9-10,13-14H2,(H,29,32). The first-order valence-corrected chi connectivity index (χ1v) is 11.5. The average Bonchev–Trinajstić information content (AvgIpc) is 3.23. The first-order valence-electron chi connectivity index (χ1n) is 11.1. The number of pyridine rings is 1. The van der Waals surface area contributed by atoms with E-state index in [0.29, 0.717) is 34.5 Å². The summed E-state index contributed by atoms with van der Waals surface area (Å²) >= 11 is 6.31. The van der Waals surface area contributed by atoms with E-state index >= 15 is 0 Å². The van der Waals surface area contributed by atoms with Crippen LogP contribution in [0.3, 0.4) is 0 Å². The first kappa shape index (κ1) is 21.6. The van der Waals surface area contributed by atoms with Gasteiger partial charge in [-0.25, -0.2) is 9.37 Å². The number of anilines is 2. The lowest BCUT2D eigenvalue weighted by molar-refractivity contribution is 0.389. The summed E-state index contributed by atoms with van der Waals surface area (Å²) in [6.07, 6.45) is 5.54. The Balaban J connectivity index is 1.34. The second kappa shape index (κ2) is 9.72. The molecule has 1 saturated heterocycles. The van der Waals surface area contributed by atoms with Gasteiger partial charge in [0.05, 0.1) is 11.9 Å². The summed E-state index contributed by atoms with van der Waals surface area (Å²) in [5, 5.41) is 14.9. The molecule has 5 rings (SSSR count). The highest BCUT2D eigenvalue weighted by Gasteiger charge is 2.15. The van der Waals surface area contributed by atoms with Crippen LogP contribution in [-0.4, -0.2) is 39.2 Å². The van der Waals surface area contributed by atoms with E-state index in [9.17, 15) is 4.39 Å². The number of halogens is 2. The molecule has 0 bridgehead atoms.